The maximum atomic E-state index is 12.0. The summed E-state index contributed by atoms with van der Waals surface area (Å²) in [7, 11) is 0. The van der Waals surface area contributed by atoms with E-state index in [-0.39, 0.29) is 17.2 Å². The third-order valence-corrected chi connectivity index (χ3v) is 3.06. The van der Waals surface area contributed by atoms with Gasteiger partial charge in [0.25, 0.3) is 5.91 Å². The van der Waals surface area contributed by atoms with Crippen molar-refractivity contribution in [1.82, 2.24) is 4.98 Å². The minimum absolute atomic E-state index is 0.240. The molecule has 0 fully saturated rings. The fourth-order valence-electron chi connectivity index (χ4n) is 1.85. The normalized spacial score (nSPS) is 10.2. The first-order chi connectivity index (χ1) is 9.69. The Bertz CT molecular complexity index is 652. The molecule has 2 N–H and O–H groups in total. The summed E-state index contributed by atoms with van der Waals surface area (Å²) in [4.78, 5) is 25.7. The van der Waals surface area contributed by atoms with Gasteiger partial charge in [-0.05, 0) is 36.6 Å². The zero-order valence-electron chi connectivity index (χ0n) is 10.9. The molecule has 0 radical (unpaired) electrons. The second-order valence-electron chi connectivity index (χ2n) is 4.38. The summed E-state index contributed by atoms with van der Waals surface area (Å²) in [5.41, 5.74) is 1.76. The van der Waals surface area contributed by atoms with Crippen LogP contribution in [0, 0.1) is 0 Å². The molecule has 0 saturated carbocycles. The smallest absolute Gasteiger partial charge is 0.272 e. The van der Waals surface area contributed by atoms with E-state index in [9.17, 15) is 9.59 Å². The lowest BCUT2D eigenvalue weighted by Crippen LogP contribution is -2.17. The minimum atomic E-state index is -0.336. The van der Waals surface area contributed by atoms with Gasteiger partial charge in [-0.25, -0.2) is 0 Å². The lowest BCUT2D eigenvalue weighted by atomic mass is 10.1. The lowest BCUT2D eigenvalue weighted by Gasteiger charge is -2.07. The highest BCUT2D eigenvalue weighted by molar-refractivity contribution is 6.17. The second-order valence-corrected chi connectivity index (χ2v) is 4.75. The van der Waals surface area contributed by atoms with Crippen LogP contribution in [-0.2, 0) is 6.42 Å². The van der Waals surface area contributed by atoms with E-state index in [1.807, 2.05) is 24.3 Å². The molecule has 0 saturated heterocycles. The van der Waals surface area contributed by atoms with Gasteiger partial charge < -0.3 is 10.3 Å². The SMILES string of the molecule is O=C(Nc1cccc(CCCCl)c1)c1cccc(=O)[nH]1. The molecule has 1 amide bonds. The average Bonchev–Trinajstić information content (AvgIpc) is 2.45. The number of aromatic amines is 1. The van der Waals surface area contributed by atoms with Crippen molar-refractivity contribution >= 4 is 23.2 Å². The van der Waals surface area contributed by atoms with E-state index >= 15 is 0 Å². The Morgan fingerprint density at radius 1 is 1.20 bits per heavy atom. The number of aromatic nitrogens is 1. The Balaban J connectivity index is 2.09. The molecule has 0 bridgehead atoms. The second kappa shape index (κ2) is 6.91. The van der Waals surface area contributed by atoms with Gasteiger partial charge in [-0.1, -0.05) is 18.2 Å². The topological polar surface area (TPSA) is 62.0 Å². The predicted octanol–water partition coefficient (Wildman–Crippen LogP) is 2.80. The summed E-state index contributed by atoms with van der Waals surface area (Å²) >= 11 is 5.67. The van der Waals surface area contributed by atoms with E-state index in [0.29, 0.717) is 11.6 Å². The quantitative estimate of drug-likeness (QED) is 0.832. The first-order valence-electron chi connectivity index (χ1n) is 6.34. The van der Waals surface area contributed by atoms with Crippen LogP contribution in [0.25, 0.3) is 0 Å². The van der Waals surface area contributed by atoms with Crippen LogP contribution in [-0.4, -0.2) is 16.8 Å². The molecule has 0 aliphatic carbocycles. The summed E-state index contributed by atoms with van der Waals surface area (Å²) in [6.07, 6.45) is 1.76. The number of rotatable bonds is 5. The van der Waals surface area contributed by atoms with Gasteiger partial charge in [0.2, 0.25) is 5.56 Å². The minimum Gasteiger partial charge on any atom is -0.321 e. The van der Waals surface area contributed by atoms with Gasteiger partial charge in [0, 0.05) is 17.6 Å². The molecule has 0 aliphatic heterocycles. The van der Waals surface area contributed by atoms with Crippen LogP contribution in [0.4, 0.5) is 5.69 Å². The van der Waals surface area contributed by atoms with Gasteiger partial charge in [0.15, 0.2) is 0 Å². The van der Waals surface area contributed by atoms with E-state index < -0.39 is 0 Å². The number of carbonyl (C=O) groups excluding carboxylic acids is 1. The Morgan fingerprint density at radius 2 is 2.00 bits per heavy atom. The summed E-state index contributed by atoms with van der Waals surface area (Å²) in [5.74, 6) is 0.277. The number of carbonyl (C=O) groups is 1. The monoisotopic (exact) mass is 290 g/mol. The predicted molar refractivity (Wildman–Crippen MR) is 80.5 cm³/mol. The number of H-pyrrole nitrogens is 1. The molecular formula is C15H15ClN2O2. The number of alkyl halides is 1. The van der Waals surface area contributed by atoms with Crippen molar-refractivity contribution in [2.75, 3.05) is 11.2 Å². The van der Waals surface area contributed by atoms with Gasteiger partial charge in [-0.2, -0.15) is 0 Å². The maximum Gasteiger partial charge on any atom is 0.272 e. The fourth-order valence-corrected chi connectivity index (χ4v) is 1.99. The molecule has 0 aliphatic rings. The van der Waals surface area contributed by atoms with Gasteiger partial charge in [0.05, 0.1) is 0 Å². The molecule has 20 heavy (non-hydrogen) atoms. The van der Waals surface area contributed by atoms with Crippen LogP contribution in [0.3, 0.4) is 0 Å². The van der Waals surface area contributed by atoms with Crippen molar-refractivity contribution in [3.63, 3.8) is 0 Å². The standard InChI is InChI=1S/C15H15ClN2O2/c16-9-3-5-11-4-1-6-12(10-11)17-15(20)13-7-2-8-14(19)18-13/h1-2,4,6-8,10H,3,5,9H2,(H,17,20)(H,18,19). The molecule has 104 valence electrons. The van der Waals surface area contributed by atoms with Crippen molar-refractivity contribution in [3.05, 3.63) is 64.1 Å². The summed E-state index contributed by atoms with van der Waals surface area (Å²) in [6.45, 7) is 0. The first kappa shape index (κ1) is 14.3. The third kappa shape index (κ3) is 3.96. The van der Waals surface area contributed by atoms with Gasteiger partial charge in [-0.15, -0.1) is 11.6 Å². The molecule has 5 heteroatoms. The lowest BCUT2D eigenvalue weighted by molar-refractivity contribution is 0.102. The highest BCUT2D eigenvalue weighted by atomic mass is 35.5. The number of aryl methyl sites for hydroxylation is 1. The molecule has 1 aromatic carbocycles. The van der Waals surface area contributed by atoms with Gasteiger partial charge in [-0.3, -0.25) is 9.59 Å². The van der Waals surface area contributed by atoms with Crippen LogP contribution < -0.4 is 10.9 Å². The Hall–Kier alpha value is -2.07. The number of pyridine rings is 1. The van der Waals surface area contributed by atoms with E-state index in [2.05, 4.69) is 10.3 Å². The van der Waals surface area contributed by atoms with E-state index in [0.717, 1.165) is 18.4 Å². The first-order valence-corrected chi connectivity index (χ1v) is 6.88. The molecular weight excluding hydrogens is 276 g/mol. The number of hydrogen-bond donors (Lipinski definition) is 2. The van der Waals surface area contributed by atoms with Gasteiger partial charge in [0.1, 0.15) is 5.69 Å². The molecule has 2 rings (SSSR count). The van der Waals surface area contributed by atoms with Crippen molar-refractivity contribution in [1.29, 1.82) is 0 Å². The fraction of sp³-hybridized carbons (Fsp3) is 0.200. The Morgan fingerprint density at radius 3 is 2.75 bits per heavy atom. The molecule has 0 spiro atoms. The van der Waals surface area contributed by atoms with Crippen LogP contribution in [0.5, 0.6) is 0 Å². The largest absolute Gasteiger partial charge is 0.321 e. The van der Waals surface area contributed by atoms with Crippen LogP contribution >= 0.6 is 11.6 Å². The summed E-state index contributed by atoms with van der Waals surface area (Å²) < 4.78 is 0. The van der Waals surface area contributed by atoms with E-state index in [1.54, 1.807) is 12.1 Å². The molecule has 1 heterocycles. The summed E-state index contributed by atoms with van der Waals surface area (Å²) in [6, 6.07) is 12.1. The molecule has 0 atom stereocenters. The maximum absolute atomic E-state index is 12.0. The third-order valence-electron chi connectivity index (χ3n) is 2.80. The number of benzene rings is 1. The average molecular weight is 291 g/mol. The highest BCUT2D eigenvalue weighted by Gasteiger charge is 2.06. The van der Waals surface area contributed by atoms with Crippen molar-refractivity contribution in [2.45, 2.75) is 12.8 Å². The van der Waals surface area contributed by atoms with E-state index in [4.69, 9.17) is 11.6 Å². The Labute approximate surface area is 121 Å². The van der Waals surface area contributed by atoms with Gasteiger partial charge >= 0.3 is 0 Å². The zero-order chi connectivity index (χ0) is 14.4. The highest BCUT2D eigenvalue weighted by Crippen LogP contribution is 2.13. The van der Waals surface area contributed by atoms with Crippen molar-refractivity contribution in [3.8, 4) is 0 Å². The molecule has 4 nitrogen and oxygen atoms in total. The number of halogens is 1. The Kier molecular flexibility index (Phi) is 4.96. The zero-order valence-corrected chi connectivity index (χ0v) is 11.6. The van der Waals surface area contributed by atoms with Crippen molar-refractivity contribution in [2.24, 2.45) is 0 Å². The van der Waals surface area contributed by atoms with Crippen LogP contribution in [0.2, 0.25) is 0 Å². The molecule has 2 aromatic rings. The van der Waals surface area contributed by atoms with Crippen molar-refractivity contribution < 1.29 is 4.79 Å². The summed E-state index contributed by atoms with van der Waals surface area (Å²) in [5, 5.41) is 2.76. The molecule has 1 aromatic heterocycles. The number of anilines is 1. The number of nitrogens with one attached hydrogen (secondary N) is 2. The number of amides is 1. The van der Waals surface area contributed by atoms with E-state index in [1.165, 1.54) is 6.07 Å². The number of hydrogen-bond acceptors (Lipinski definition) is 2. The van der Waals surface area contributed by atoms with Crippen LogP contribution in [0.1, 0.15) is 22.5 Å². The molecule has 0 unspecified atom stereocenters. The van der Waals surface area contributed by atoms with Crippen LogP contribution in [0.15, 0.2) is 47.3 Å².